The first kappa shape index (κ1) is 19.4. The fraction of sp³-hybridized carbons (Fsp3) is 0.150. The fourth-order valence-electron chi connectivity index (χ4n) is 2.75. The van der Waals surface area contributed by atoms with Crippen LogP contribution in [0.2, 0.25) is 5.02 Å². The number of amides is 1. The minimum atomic E-state index is -0.371. The number of carbonyl (C=O) groups is 1. The number of hydrogen-bond donors (Lipinski definition) is 2. The first-order valence-corrected chi connectivity index (χ1v) is 8.95. The van der Waals surface area contributed by atoms with E-state index in [4.69, 9.17) is 17.3 Å². The third-order valence-electron chi connectivity index (χ3n) is 4.17. The minimum Gasteiger partial charge on any atom is -0.382 e. The number of carbonyl (C=O) groups excluding carboxylic acids is 1. The molecule has 1 amide bonds. The SMILES string of the molecule is N#Cc1c(CCCNC(=O)c2ccccc2Cl)nn(-c2ccc(F)cc2)c1N. The van der Waals surface area contributed by atoms with Crippen LogP contribution in [0.15, 0.2) is 48.5 Å². The minimum absolute atomic E-state index is 0.198. The molecule has 0 aliphatic carbocycles. The van der Waals surface area contributed by atoms with Crippen molar-refractivity contribution in [1.29, 1.82) is 5.26 Å². The molecule has 1 heterocycles. The lowest BCUT2D eigenvalue weighted by Gasteiger charge is -2.06. The largest absolute Gasteiger partial charge is 0.382 e. The quantitative estimate of drug-likeness (QED) is 0.622. The van der Waals surface area contributed by atoms with Crippen molar-refractivity contribution in [3.8, 4) is 11.8 Å². The molecule has 0 bridgehead atoms. The highest BCUT2D eigenvalue weighted by molar-refractivity contribution is 6.33. The van der Waals surface area contributed by atoms with Gasteiger partial charge in [0.25, 0.3) is 5.91 Å². The van der Waals surface area contributed by atoms with Crippen LogP contribution in [0.1, 0.15) is 28.0 Å². The highest BCUT2D eigenvalue weighted by Gasteiger charge is 2.16. The number of nitrogen functional groups attached to an aromatic ring is 1. The van der Waals surface area contributed by atoms with E-state index in [0.717, 1.165) is 0 Å². The summed E-state index contributed by atoms with van der Waals surface area (Å²) in [6.45, 7) is 0.387. The van der Waals surface area contributed by atoms with E-state index < -0.39 is 0 Å². The first-order chi connectivity index (χ1) is 13.5. The maximum atomic E-state index is 13.1. The molecule has 28 heavy (non-hydrogen) atoms. The molecule has 0 aliphatic rings. The summed E-state index contributed by atoms with van der Waals surface area (Å²) in [6, 6.07) is 14.5. The van der Waals surface area contributed by atoms with E-state index in [1.54, 1.807) is 24.3 Å². The zero-order chi connectivity index (χ0) is 20.1. The van der Waals surface area contributed by atoms with Gasteiger partial charge in [0, 0.05) is 6.54 Å². The van der Waals surface area contributed by atoms with Crippen LogP contribution in [0.5, 0.6) is 0 Å². The van der Waals surface area contributed by atoms with E-state index in [9.17, 15) is 14.4 Å². The maximum absolute atomic E-state index is 13.1. The molecule has 1 aromatic heterocycles. The topological polar surface area (TPSA) is 96.7 Å². The molecule has 0 fully saturated rings. The molecule has 6 nitrogen and oxygen atoms in total. The number of nitrogens with two attached hydrogens (primary N) is 1. The van der Waals surface area contributed by atoms with Crippen molar-refractivity contribution in [1.82, 2.24) is 15.1 Å². The van der Waals surface area contributed by atoms with Crippen molar-refractivity contribution in [3.05, 3.63) is 76.2 Å². The van der Waals surface area contributed by atoms with Gasteiger partial charge in [0.2, 0.25) is 0 Å². The van der Waals surface area contributed by atoms with Gasteiger partial charge in [0.15, 0.2) is 0 Å². The summed E-state index contributed by atoms with van der Waals surface area (Å²) >= 11 is 6.01. The number of nitrogens with one attached hydrogen (secondary N) is 1. The van der Waals surface area contributed by atoms with Crippen molar-refractivity contribution in [2.45, 2.75) is 12.8 Å². The number of hydrogen-bond acceptors (Lipinski definition) is 4. The molecule has 3 N–H and O–H groups in total. The number of benzene rings is 2. The fourth-order valence-corrected chi connectivity index (χ4v) is 2.97. The van der Waals surface area contributed by atoms with Crippen LogP contribution in [0.25, 0.3) is 5.69 Å². The Morgan fingerprint density at radius 3 is 2.64 bits per heavy atom. The molecule has 0 saturated carbocycles. The van der Waals surface area contributed by atoms with Crippen molar-refractivity contribution in [3.63, 3.8) is 0 Å². The van der Waals surface area contributed by atoms with Crippen molar-refractivity contribution in [2.75, 3.05) is 12.3 Å². The molecule has 0 spiro atoms. The molecule has 8 heteroatoms. The number of halogens is 2. The third-order valence-corrected chi connectivity index (χ3v) is 4.50. The van der Waals surface area contributed by atoms with Crippen LogP contribution in [0.3, 0.4) is 0 Å². The zero-order valence-electron chi connectivity index (χ0n) is 14.8. The van der Waals surface area contributed by atoms with Gasteiger partial charge in [0.1, 0.15) is 23.3 Å². The number of anilines is 1. The number of nitriles is 1. The Morgan fingerprint density at radius 2 is 1.96 bits per heavy atom. The van der Waals surface area contributed by atoms with Gasteiger partial charge in [-0.2, -0.15) is 10.4 Å². The molecule has 3 rings (SSSR count). The highest BCUT2D eigenvalue weighted by Crippen LogP contribution is 2.22. The molecule has 0 unspecified atom stereocenters. The van der Waals surface area contributed by atoms with Crippen LogP contribution in [0, 0.1) is 17.1 Å². The lowest BCUT2D eigenvalue weighted by atomic mass is 10.1. The number of aromatic nitrogens is 2. The molecular formula is C20H17ClFN5O. The van der Waals surface area contributed by atoms with Crippen LogP contribution in [-0.2, 0) is 6.42 Å². The number of aryl methyl sites for hydroxylation is 1. The summed E-state index contributed by atoms with van der Waals surface area (Å²) in [4.78, 5) is 12.2. The number of rotatable bonds is 6. The smallest absolute Gasteiger partial charge is 0.252 e. The second kappa shape index (κ2) is 8.55. The van der Waals surface area contributed by atoms with Crippen molar-refractivity contribution < 1.29 is 9.18 Å². The molecule has 0 aliphatic heterocycles. The van der Waals surface area contributed by atoms with Gasteiger partial charge in [0.05, 0.1) is 22.0 Å². The molecule has 142 valence electrons. The van der Waals surface area contributed by atoms with Gasteiger partial charge in [-0.15, -0.1) is 0 Å². The lowest BCUT2D eigenvalue weighted by molar-refractivity contribution is 0.0953. The van der Waals surface area contributed by atoms with Crippen LogP contribution < -0.4 is 11.1 Å². The first-order valence-electron chi connectivity index (χ1n) is 8.57. The van der Waals surface area contributed by atoms with Crippen molar-refractivity contribution in [2.24, 2.45) is 0 Å². The Bertz CT molecular complexity index is 1040. The Balaban J connectivity index is 1.65. The van der Waals surface area contributed by atoms with E-state index in [1.165, 1.54) is 28.9 Å². The Kier molecular flexibility index (Phi) is 5.92. The summed E-state index contributed by atoms with van der Waals surface area (Å²) in [5, 5.41) is 17.0. The summed E-state index contributed by atoms with van der Waals surface area (Å²) in [5.74, 6) is -0.434. The van der Waals surface area contributed by atoms with E-state index in [0.29, 0.717) is 41.4 Å². The molecule has 0 radical (unpaired) electrons. The normalized spacial score (nSPS) is 10.5. The standard InChI is InChI=1S/C20H17ClFN5O/c21-17-5-2-1-4-15(17)20(28)25-11-3-6-18-16(12-23)19(24)27(26-18)14-9-7-13(22)8-10-14/h1-2,4-5,7-10H,3,6,11,24H2,(H,25,28). The maximum Gasteiger partial charge on any atom is 0.252 e. The Hall–Kier alpha value is -3.37. The highest BCUT2D eigenvalue weighted by atomic mass is 35.5. The van der Waals surface area contributed by atoms with E-state index in [2.05, 4.69) is 16.5 Å². The van der Waals surface area contributed by atoms with Crippen LogP contribution in [-0.4, -0.2) is 22.2 Å². The molecular weight excluding hydrogens is 381 g/mol. The van der Waals surface area contributed by atoms with Crippen LogP contribution >= 0.6 is 11.6 Å². The van der Waals surface area contributed by atoms with Gasteiger partial charge in [-0.05, 0) is 49.2 Å². The summed E-state index contributed by atoms with van der Waals surface area (Å²) in [6.07, 6.45) is 1.01. The second-order valence-corrected chi connectivity index (χ2v) is 6.45. The monoisotopic (exact) mass is 397 g/mol. The van der Waals surface area contributed by atoms with Gasteiger partial charge >= 0.3 is 0 Å². The van der Waals surface area contributed by atoms with Gasteiger partial charge < -0.3 is 11.1 Å². The molecule has 0 saturated heterocycles. The predicted molar refractivity (Wildman–Crippen MR) is 105 cm³/mol. The predicted octanol–water partition coefficient (Wildman–Crippen LogP) is 3.48. The summed E-state index contributed by atoms with van der Waals surface area (Å²) in [5.41, 5.74) is 7.81. The van der Waals surface area contributed by atoms with E-state index in [1.807, 2.05) is 0 Å². The van der Waals surface area contributed by atoms with Crippen molar-refractivity contribution >= 4 is 23.3 Å². The average Bonchev–Trinajstić information content (AvgIpc) is 3.01. The molecule has 2 aromatic carbocycles. The molecule has 3 aromatic rings. The van der Waals surface area contributed by atoms with E-state index in [-0.39, 0.29) is 23.1 Å². The second-order valence-electron chi connectivity index (χ2n) is 6.05. The van der Waals surface area contributed by atoms with Gasteiger partial charge in [-0.3, -0.25) is 4.79 Å². The third kappa shape index (κ3) is 4.13. The lowest BCUT2D eigenvalue weighted by Crippen LogP contribution is -2.25. The summed E-state index contributed by atoms with van der Waals surface area (Å²) in [7, 11) is 0. The molecule has 0 atom stereocenters. The zero-order valence-corrected chi connectivity index (χ0v) is 15.6. The van der Waals surface area contributed by atoms with Gasteiger partial charge in [-0.25, -0.2) is 9.07 Å². The Morgan fingerprint density at radius 1 is 1.25 bits per heavy atom. The van der Waals surface area contributed by atoms with Crippen LogP contribution in [0.4, 0.5) is 10.2 Å². The summed E-state index contributed by atoms with van der Waals surface area (Å²) < 4.78 is 14.5. The average molecular weight is 398 g/mol. The van der Waals surface area contributed by atoms with Gasteiger partial charge in [-0.1, -0.05) is 23.7 Å². The Labute approximate surface area is 166 Å². The number of nitrogens with zero attached hydrogens (tertiary/aromatic N) is 3. The van der Waals surface area contributed by atoms with E-state index >= 15 is 0 Å².